The second-order valence-corrected chi connectivity index (χ2v) is 6.10. The fourth-order valence-corrected chi connectivity index (χ4v) is 4.24. The Balaban J connectivity index is 2.86. The molecule has 0 spiro atoms. The SMILES string of the molecule is N#Cc1csc2sc(I)cc12. The number of hydrogen-bond donors (Lipinski definition) is 0. The lowest BCUT2D eigenvalue weighted by Gasteiger charge is -1.74. The number of hydrogen-bond acceptors (Lipinski definition) is 3. The van der Waals surface area contributed by atoms with E-state index < -0.39 is 0 Å². The minimum Gasteiger partial charge on any atom is -0.192 e. The van der Waals surface area contributed by atoms with E-state index in [0.717, 1.165) is 10.9 Å². The Labute approximate surface area is 85.4 Å². The van der Waals surface area contributed by atoms with Crippen LogP contribution < -0.4 is 0 Å². The van der Waals surface area contributed by atoms with E-state index in [1.807, 2.05) is 5.38 Å². The molecule has 11 heavy (non-hydrogen) atoms. The number of nitrogens with zero attached hydrogens (tertiary/aromatic N) is 1. The highest BCUT2D eigenvalue weighted by Gasteiger charge is 2.05. The number of halogens is 1. The molecule has 0 atom stereocenters. The first-order valence-electron chi connectivity index (χ1n) is 2.88. The number of nitriles is 1. The molecule has 54 valence electrons. The van der Waals surface area contributed by atoms with E-state index in [2.05, 4.69) is 34.7 Å². The highest BCUT2D eigenvalue weighted by molar-refractivity contribution is 14.1. The maximum Gasteiger partial charge on any atom is 0.101 e. The van der Waals surface area contributed by atoms with Crippen molar-refractivity contribution < 1.29 is 0 Å². The fourth-order valence-electron chi connectivity index (χ4n) is 0.883. The van der Waals surface area contributed by atoms with E-state index >= 15 is 0 Å². The van der Waals surface area contributed by atoms with Crippen molar-refractivity contribution in [3.63, 3.8) is 0 Å². The van der Waals surface area contributed by atoms with Crippen LogP contribution in [0.4, 0.5) is 0 Å². The van der Waals surface area contributed by atoms with Gasteiger partial charge in [-0.25, -0.2) is 0 Å². The molecule has 2 aromatic rings. The molecule has 1 nitrogen and oxygen atoms in total. The zero-order valence-corrected chi connectivity index (χ0v) is 9.09. The number of fused-ring (bicyclic) bond motifs is 1. The standard InChI is InChI=1S/C7H2INS2/c8-6-1-5-4(2-9)3-10-7(5)11-6/h1,3H. The summed E-state index contributed by atoms with van der Waals surface area (Å²) >= 11 is 5.67. The van der Waals surface area contributed by atoms with Gasteiger partial charge in [-0.3, -0.25) is 0 Å². The Morgan fingerprint density at radius 1 is 1.55 bits per heavy atom. The van der Waals surface area contributed by atoms with Gasteiger partial charge in [0.25, 0.3) is 0 Å². The van der Waals surface area contributed by atoms with Gasteiger partial charge < -0.3 is 0 Å². The summed E-state index contributed by atoms with van der Waals surface area (Å²) in [6.45, 7) is 0. The summed E-state index contributed by atoms with van der Waals surface area (Å²) in [6, 6.07) is 4.24. The van der Waals surface area contributed by atoms with Gasteiger partial charge in [-0.1, -0.05) is 0 Å². The summed E-state index contributed by atoms with van der Waals surface area (Å²) < 4.78 is 2.51. The van der Waals surface area contributed by atoms with Crippen molar-refractivity contribution in [3.05, 3.63) is 19.9 Å². The number of rotatable bonds is 0. The molecule has 0 unspecified atom stereocenters. The van der Waals surface area contributed by atoms with Gasteiger partial charge in [0.15, 0.2) is 0 Å². The third-order valence-corrected chi connectivity index (χ3v) is 4.38. The van der Waals surface area contributed by atoms with E-state index in [0.29, 0.717) is 0 Å². The van der Waals surface area contributed by atoms with E-state index in [-0.39, 0.29) is 0 Å². The van der Waals surface area contributed by atoms with E-state index in [9.17, 15) is 0 Å². The van der Waals surface area contributed by atoms with Gasteiger partial charge >= 0.3 is 0 Å². The van der Waals surface area contributed by atoms with Crippen molar-refractivity contribution in [2.75, 3.05) is 0 Å². The Morgan fingerprint density at radius 2 is 2.36 bits per heavy atom. The van der Waals surface area contributed by atoms with Crippen LogP contribution in [-0.2, 0) is 0 Å². The maximum absolute atomic E-state index is 8.69. The molecule has 0 amide bonds. The lowest BCUT2D eigenvalue weighted by Crippen LogP contribution is -1.61. The molecule has 0 bridgehead atoms. The lowest BCUT2D eigenvalue weighted by molar-refractivity contribution is 1.52. The summed E-state index contributed by atoms with van der Waals surface area (Å²) in [5.74, 6) is 0. The van der Waals surface area contributed by atoms with Gasteiger partial charge in [0.1, 0.15) is 6.07 Å². The first kappa shape index (κ1) is 7.53. The summed E-state index contributed by atoms with van der Waals surface area (Å²) in [5, 5.41) is 11.7. The Bertz CT molecular complexity index is 435. The van der Waals surface area contributed by atoms with Crippen LogP contribution in [0.3, 0.4) is 0 Å². The van der Waals surface area contributed by atoms with Crippen LogP contribution in [0, 0.1) is 14.2 Å². The van der Waals surface area contributed by atoms with E-state index in [1.165, 1.54) is 6.90 Å². The lowest BCUT2D eigenvalue weighted by atomic mass is 10.3. The smallest absolute Gasteiger partial charge is 0.101 e. The summed E-state index contributed by atoms with van der Waals surface area (Å²) in [5.41, 5.74) is 0.809. The molecule has 0 radical (unpaired) electrons. The predicted molar refractivity (Wildman–Crippen MR) is 57.1 cm³/mol. The van der Waals surface area contributed by atoms with Crippen LogP contribution in [0.2, 0.25) is 0 Å². The molecule has 0 aliphatic heterocycles. The molecule has 0 aromatic carbocycles. The molecule has 0 saturated heterocycles. The molecule has 0 fully saturated rings. The normalized spacial score (nSPS) is 10.2. The minimum atomic E-state index is 0.809. The van der Waals surface area contributed by atoms with Gasteiger partial charge in [-0.15, -0.1) is 22.7 Å². The van der Waals surface area contributed by atoms with Crippen molar-refractivity contribution in [3.8, 4) is 6.07 Å². The van der Waals surface area contributed by atoms with Crippen molar-refractivity contribution >= 4 is 54.7 Å². The third kappa shape index (κ3) is 1.17. The second-order valence-electron chi connectivity index (χ2n) is 2.01. The summed E-state index contributed by atoms with van der Waals surface area (Å²) in [7, 11) is 0. The molecule has 2 aromatic heterocycles. The second kappa shape index (κ2) is 2.73. The average Bonchev–Trinajstić information content (AvgIpc) is 2.45. The van der Waals surface area contributed by atoms with E-state index in [1.54, 1.807) is 22.7 Å². The molecule has 2 rings (SSSR count). The minimum absolute atomic E-state index is 0.809. The highest BCUT2D eigenvalue weighted by Crippen LogP contribution is 2.33. The van der Waals surface area contributed by atoms with Crippen LogP contribution in [0.25, 0.3) is 9.40 Å². The molecule has 0 N–H and O–H groups in total. The molecular formula is C7H2INS2. The van der Waals surface area contributed by atoms with Crippen LogP contribution in [0.1, 0.15) is 5.56 Å². The van der Waals surface area contributed by atoms with Crippen molar-refractivity contribution in [2.45, 2.75) is 0 Å². The first-order valence-corrected chi connectivity index (χ1v) is 5.65. The van der Waals surface area contributed by atoms with E-state index in [4.69, 9.17) is 5.26 Å². The largest absolute Gasteiger partial charge is 0.192 e. The molecule has 0 saturated carbocycles. The fraction of sp³-hybridized carbons (Fsp3) is 0. The van der Waals surface area contributed by atoms with Crippen molar-refractivity contribution in [1.29, 1.82) is 5.26 Å². The summed E-state index contributed by atoms with van der Waals surface area (Å²) in [6.07, 6.45) is 0. The van der Waals surface area contributed by atoms with Crippen molar-refractivity contribution in [1.82, 2.24) is 0 Å². The Morgan fingerprint density at radius 3 is 3.09 bits per heavy atom. The molecule has 2 heterocycles. The van der Waals surface area contributed by atoms with Gasteiger partial charge in [0.05, 0.1) is 12.5 Å². The van der Waals surface area contributed by atoms with Crippen LogP contribution >= 0.6 is 45.3 Å². The predicted octanol–water partition coefficient (Wildman–Crippen LogP) is 3.44. The summed E-state index contributed by atoms with van der Waals surface area (Å²) in [4.78, 5) is 0. The van der Waals surface area contributed by atoms with Crippen LogP contribution in [0.5, 0.6) is 0 Å². The monoisotopic (exact) mass is 291 g/mol. The average molecular weight is 291 g/mol. The molecule has 0 aliphatic carbocycles. The molecular weight excluding hydrogens is 289 g/mol. The first-order chi connectivity index (χ1) is 5.31. The van der Waals surface area contributed by atoms with Crippen LogP contribution in [0.15, 0.2) is 11.4 Å². The van der Waals surface area contributed by atoms with Gasteiger partial charge in [-0.2, -0.15) is 5.26 Å². The van der Waals surface area contributed by atoms with Gasteiger partial charge in [0, 0.05) is 10.8 Å². The quantitative estimate of drug-likeness (QED) is 0.682. The zero-order chi connectivity index (χ0) is 7.84. The Hall–Kier alpha value is -0.120. The topological polar surface area (TPSA) is 23.8 Å². The van der Waals surface area contributed by atoms with Gasteiger partial charge in [0.2, 0.25) is 0 Å². The molecule has 0 aliphatic rings. The number of thiophene rings is 2. The zero-order valence-electron chi connectivity index (χ0n) is 5.30. The van der Waals surface area contributed by atoms with Crippen molar-refractivity contribution in [2.24, 2.45) is 0 Å². The maximum atomic E-state index is 8.69. The van der Waals surface area contributed by atoms with Crippen LogP contribution in [-0.4, -0.2) is 0 Å². The molecule has 4 heteroatoms. The highest BCUT2D eigenvalue weighted by atomic mass is 127. The Kier molecular flexibility index (Phi) is 1.87. The van der Waals surface area contributed by atoms with Gasteiger partial charge in [-0.05, 0) is 28.7 Å². The third-order valence-electron chi connectivity index (χ3n) is 1.36.